The molecule has 3 heterocycles. The van der Waals surface area contributed by atoms with E-state index >= 15 is 8.63 Å². The Morgan fingerprint density at radius 2 is 2.05 bits per heavy atom. The summed E-state index contributed by atoms with van der Waals surface area (Å²) in [5, 5.41) is 0. The Hall–Kier alpha value is -2.18. The first kappa shape index (κ1) is 14.7. The van der Waals surface area contributed by atoms with Crippen LogP contribution in [0.2, 0.25) is 0 Å². The molecule has 1 aromatic heterocycles. The highest BCUT2D eigenvalue weighted by atomic mass is 19.2. The van der Waals surface area contributed by atoms with E-state index in [9.17, 15) is 4.79 Å². The maximum atomic E-state index is 15.0. The number of nitrogens with zero attached hydrogens (tertiary/aromatic N) is 2. The van der Waals surface area contributed by atoms with E-state index in [0.29, 0.717) is 22.8 Å². The van der Waals surface area contributed by atoms with Crippen LogP contribution in [0.25, 0.3) is 6.08 Å². The van der Waals surface area contributed by atoms with Gasteiger partial charge < -0.3 is 22.3 Å². The van der Waals surface area contributed by atoms with Gasteiger partial charge in [0.15, 0.2) is 5.70 Å². The number of hydrogen-bond donors (Lipinski definition) is 0. The van der Waals surface area contributed by atoms with Gasteiger partial charge in [-0.1, -0.05) is 0 Å². The van der Waals surface area contributed by atoms with Gasteiger partial charge in [0.2, 0.25) is 0 Å². The molecule has 0 saturated carbocycles. The molecule has 0 aliphatic carbocycles. The first-order chi connectivity index (χ1) is 10.4. The van der Waals surface area contributed by atoms with Crippen molar-refractivity contribution in [3.8, 4) is 0 Å². The molecule has 0 bridgehead atoms. The van der Waals surface area contributed by atoms with Crippen LogP contribution in [0, 0.1) is 0 Å². The average Bonchev–Trinajstić information content (AvgIpc) is 2.99. The van der Waals surface area contributed by atoms with Crippen molar-refractivity contribution in [1.82, 2.24) is 4.48 Å². The summed E-state index contributed by atoms with van der Waals surface area (Å²) >= 11 is 0. The Kier molecular flexibility index (Phi) is 3.31. The lowest BCUT2D eigenvalue weighted by Crippen LogP contribution is -2.50. The van der Waals surface area contributed by atoms with Crippen molar-refractivity contribution in [3.05, 3.63) is 40.9 Å². The summed E-state index contributed by atoms with van der Waals surface area (Å²) in [4.78, 5) is 11.3. The quantitative estimate of drug-likeness (QED) is 0.635. The molecule has 1 aromatic rings. The van der Waals surface area contributed by atoms with E-state index < -0.39 is 12.9 Å². The van der Waals surface area contributed by atoms with Crippen LogP contribution in [0.5, 0.6) is 0 Å². The number of carbonyl (C=O) groups is 1. The zero-order valence-electron chi connectivity index (χ0n) is 12.8. The van der Waals surface area contributed by atoms with Crippen molar-refractivity contribution in [2.24, 2.45) is 0 Å². The zero-order valence-corrected chi connectivity index (χ0v) is 12.8. The third kappa shape index (κ3) is 2.03. The minimum atomic E-state index is -3.95. The number of carbonyl (C=O) groups excluding carboxylic acids is 1. The second-order valence-electron chi connectivity index (χ2n) is 5.65. The van der Waals surface area contributed by atoms with Crippen LogP contribution in [-0.2, 0) is 16.0 Å². The number of methoxy groups -OCH3 is 1. The molecule has 0 spiro atoms. The van der Waals surface area contributed by atoms with Gasteiger partial charge in [0.1, 0.15) is 5.71 Å². The molecule has 0 N–H and O–H groups in total. The Balaban J connectivity index is 2.05. The molecule has 0 atom stereocenters. The number of halogens is 2. The van der Waals surface area contributed by atoms with Crippen LogP contribution < -0.4 is 0 Å². The third-order valence-corrected chi connectivity index (χ3v) is 4.22. The van der Waals surface area contributed by atoms with E-state index in [-0.39, 0.29) is 12.8 Å². The summed E-state index contributed by atoms with van der Waals surface area (Å²) < 4.78 is 36.8. The lowest BCUT2D eigenvalue weighted by Gasteiger charge is -2.30. The minimum Gasteiger partial charge on any atom is -0.469 e. The standard InChI is InChI=1S/C15H17BF2N2O2/c1-10-8-11(2)19-14(10)9-13-5-4-12(6-7-15(21)22-3)20(13)16(19,17)18/h4-5,8-9H,6-7H2,1-3H3. The lowest BCUT2D eigenvalue weighted by molar-refractivity contribution is -0.362. The normalized spacial score (nSPS) is 18.6. The van der Waals surface area contributed by atoms with Gasteiger partial charge in [-0.15, -0.1) is 0 Å². The zero-order chi connectivity index (χ0) is 16.1. The van der Waals surface area contributed by atoms with Gasteiger partial charge in [0.25, 0.3) is 0 Å². The van der Waals surface area contributed by atoms with Gasteiger partial charge in [-0.05, 0) is 31.2 Å². The van der Waals surface area contributed by atoms with Gasteiger partial charge in [0.05, 0.1) is 13.5 Å². The molecule has 2 aliphatic rings. The second kappa shape index (κ2) is 4.93. The SMILES string of the molecule is COC(=O)CCc1ccc2n1[B-](F)(F)[N+]1=C(C)C=C(C)C1=C2. The Labute approximate surface area is 127 Å². The molecular weight excluding hydrogens is 289 g/mol. The number of hydrogen-bond acceptors (Lipinski definition) is 2. The van der Waals surface area contributed by atoms with Crippen LogP contribution in [-0.4, -0.2) is 34.7 Å². The number of ether oxygens (including phenoxy) is 1. The molecular formula is C15H17BF2N2O2. The highest BCUT2D eigenvalue weighted by Gasteiger charge is 2.52. The smallest absolute Gasteiger partial charge is 0.469 e. The summed E-state index contributed by atoms with van der Waals surface area (Å²) in [5.41, 5.74) is 2.83. The van der Waals surface area contributed by atoms with E-state index in [2.05, 4.69) is 4.74 Å². The first-order valence-corrected chi connectivity index (χ1v) is 7.19. The molecule has 3 rings (SSSR count). The van der Waals surface area contributed by atoms with Gasteiger partial charge >= 0.3 is 12.9 Å². The molecule has 0 aromatic carbocycles. The molecule has 4 nitrogen and oxygen atoms in total. The molecule has 0 radical (unpaired) electrons. The Morgan fingerprint density at radius 1 is 1.32 bits per heavy atom. The third-order valence-electron chi connectivity index (χ3n) is 4.22. The van der Waals surface area contributed by atoms with Gasteiger partial charge in [-0.2, -0.15) is 0 Å². The fourth-order valence-electron chi connectivity index (χ4n) is 3.23. The van der Waals surface area contributed by atoms with E-state index in [1.54, 1.807) is 31.2 Å². The van der Waals surface area contributed by atoms with Crippen LogP contribution in [0.3, 0.4) is 0 Å². The van der Waals surface area contributed by atoms with E-state index in [4.69, 9.17) is 0 Å². The van der Waals surface area contributed by atoms with Crippen LogP contribution in [0.4, 0.5) is 8.63 Å². The largest absolute Gasteiger partial charge is 0.737 e. The van der Waals surface area contributed by atoms with Gasteiger partial charge in [-0.25, -0.2) is 0 Å². The number of rotatable bonds is 3. The van der Waals surface area contributed by atoms with Gasteiger partial charge in [-0.3, -0.25) is 4.79 Å². The molecule has 2 aliphatic heterocycles. The minimum absolute atomic E-state index is 0.0860. The van der Waals surface area contributed by atoms with Crippen molar-refractivity contribution in [2.45, 2.75) is 26.7 Å². The molecule has 0 fully saturated rings. The van der Waals surface area contributed by atoms with Crippen LogP contribution in [0.15, 0.2) is 29.5 Å². The molecule has 22 heavy (non-hydrogen) atoms. The monoisotopic (exact) mass is 306 g/mol. The van der Waals surface area contributed by atoms with Crippen molar-refractivity contribution in [2.75, 3.05) is 7.11 Å². The summed E-state index contributed by atoms with van der Waals surface area (Å²) in [7, 11) is 1.29. The molecule has 0 unspecified atom stereocenters. The molecule has 0 amide bonds. The van der Waals surface area contributed by atoms with E-state index in [0.717, 1.165) is 14.5 Å². The van der Waals surface area contributed by atoms with E-state index in [1.165, 1.54) is 7.11 Å². The van der Waals surface area contributed by atoms with Crippen molar-refractivity contribution in [3.63, 3.8) is 0 Å². The number of aryl methyl sites for hydroxylation is 1. The van der Waals surface area contributed by atoms with Crippen LogP contribution >= 0.6 is 0 Å². The van der Waals surface area contributed by atoms with Crippen molar-refractivity contribution < 1.29 is 22.6 Å². The fraction of sp³-hybridized carbons (Fsp3) is 0.333. The second-order valence-corrected chi connectivity index (χ2v) is 5.65. The van der Waals surface area contributed by atoms with E-state index in [1.807, 2.05) is 6.92 Å². The maximum absolute atomic E-state index is 15.0. The number of aromatic nitrogens is 1. The average molecular weight is 306 g/mol. The number of allylic oxidation sites excluding steroid dienone is 2. The molecule has 7 heteroatoms. The number of fused-ring (bicyclic) bond motifs is 2. The first-order valence-electron chi connectivity index (χ1n) is 7.19. The summed E-state index contributed by atoms with van der Waals surface area (Å²) in [6, 6.07) is 3.33. The highest BCUT2D eigenvalue weighted by Crippen LogP contribution is 2.35. The highest BCUT2D eigenvalue weighted by molar-refractivity contribution is 6.58. The van der Waals surface area contributed by atoms with Gasteiger partial charge in [0, 0.05) is 30.3 Å². The Morgan fingerprint density at radius 3 is 2.73 bits per heavy atom. The topological polar surface area (TPSA) is 34.2 Å². The summed E-state index contributed by atoms with van der Waals surface area (Å²) in [5.74, 6) is -0.403. The summed E-state index contributed by atoms with van der Waals surface area (Å²) in [6.45, 7) is -0.435. The predicted molar refractivity (Wildman–Crippen MR) is 80.8 cm³/mol. The lowest BCUT2D eigenvalue weighted by atomic mass is 9.89. The van der Waals surface area contributed by atoms with Crippen molar-refractivity contribution in [1.29, 1.82) is 0 Å². The summed E-state index contributed by atoms with van der Waals surface area (Å²) in [6.07, 6.45) is 3.85. The maximum Gasteiger partial charge on any atom is 0.737 e. The predicted octanol–water partition coefficient (Wildman–Crippen LogP) is 2.60. The Bertz CT molecular complexity index is 760. The van der Waals surface area contributed by atoms with Crippen molar-refractivity contribution >= 4 is 24.7 Å². The molecule has 116 valence electrons. The fourth-order valence-corrected chi connectivity index (χ4v) is 3.23. The number of esters is 1. The van der Waals surface area contributed by atoms with Crippen LogP contribution in [0.1, 0.15) is 31.7 Å². The molecule has 0 saturated heterocycles.